The van der Waals surface area contributed by atoms with E-state index < -0.39 is 0 Å². The fourth-order valence-corrected chi connectivity index (χ4v) is 1.79. The third-order valence-electron chi connectivity index (χ3n) is 3.14. The Kier molecular flexibility index (Phi) is 6.32. The largest absolute Gasteiger partial charge is 0.409 e. The molecule has 0 radical (unpaired) electrons. The minimum Gasteiger partial charge on any atom is -0.409 e. The van der Waals surface area contributed by atoms with Crippen molar-refractivity contribution < 1.29 is 9.94 Å². The molecule has 1 aromatic rings. The molecule has 1 aromatic carbocycles. The minimum absolute atomic E-state index is 0.135. The van der Waals surface area contributed by atoms with Crippen LogP contribution < -0.4 is 11.1 Å². The SMILES string of the molecule is COCCC(C)NCc1ccc(/C(N)=N/O)cc1C. The molecule has 0 saturated carbocycles. The number of benzene rings is 1. The maximum atomic E-state index is 8.65. The first kappa shape index (κ1) is 15.5. The van der Waals surface area contributed by atoms with E-state index >= 15 is 0 Å². The van der Waals surface area contributed by atoms with E-state index in [1.54, 1.807) is 7.11 Å². The van der Waals surface area contributed by atoms with Crippen LogP contribution in [0.15, 0.2) is 23.4 Å². The smallest absolute Gasteiger partial charge is 0.170 e. The van der Waals surface area contributed by atoms with E-state index in [4.69, 9.17) is 15.7 Å². The molecule has 0 spiro atoms. The Labute approximate surface area is 114 Å². The van der Waals surface area contributed by atoms with E-state index in [-0.39, 0.29) is 5.84 Å². The Morgan fingerprint density at radius 3 is 2.84 bits per heavy atom. The number of nitrogens with one attached hydrogen (secondary N) is 1. The molecular weight excluding hydrogens is 242 g/mol. The van der Waals surface area contributed by atoms with E-state index in [1.165, 1.54) is 5.56 Å². The Morgan fingerprint density at radius 2 is 2.26 bits per heavy atom. The zero-order valence-electron chi connectivity index (χ0n) is 11.8. The third kappa shape index (κ3) is 4.89. The molecule has 0 aliphatic rings. The van der Waals surface area contributed by atoms with Crippen LogP contribution in [0.2, 0.25) is 0 Å². The van der Waals surface area contributed by atoms with Crippen LogP contribution >= 0.6 is 0 Å². The van der Waals surface area contributed by atoms with E-state index in [9.17, 15) is 0 Å². The van der Waals surface area contributed by atoms with Gasteiger partial charge in [-0.1, -0.05) is 17.3 Å². The molecular formula is C14H23N3O2. The molecule has 0 aliphatic heterocycles. The summed E-state index contributed by atoms with van der Waals surface area (Å²) in [6, 6.07) is 6.19. The average Bonchev–Trinajstić information content (AvgIpc) is 2.42. The zero-order chi connectivity index (χ0) is 14.3. The molecule has 0 saturated heterocycles. The maximum Gasteiger partial charge on any atom is 0.170 e. The van der Waals surface area contributed by atoms with Gasteiger partial charge in [-0.05, 0) is 37.5 Å². The second kappa shape index (κ2) is 7.76. The molecule has 1 rings (SSSR count). The van der Waals surface area contributed by atoms with Crippen LogP contribution in [-0.2, 0) is 11.3 Å². The van der Waals surface area contributed by atoms with Gasteiger partial charge >= 0.3 is 0 Å². The molecule has 19 heavy (non-hydrogen) atoms. The van der Waals surface area contributed by atoms with Gasteiger partial charge in [-0.3, -0.25) is 0 Å². The van der Waals surface area contributed by atoms with Crippen molar-refractivity contribution in [2.45, 2.75) is 32.9 Å². The van der Waals surface area contributed by atoms with E-state index in [1.807, 2.05) is 25.1 Å². The van der Waals surface area contributed by atoms with Crippen LogP contribution in [-0.4, -0.2) is 30.8 Å². The highest BCUT2D eigenvalue weighted by Crippen LogP contribution is 2.11. The lowest BCUT2D eigenvalue weighted by Crippen LogP contribution is -2.27. The highest BCUT2D eigenvalue weighted by atomic mass is 16.5. The van der Waals surface area contributed by atoms with Crippen molar-refractivity contribution in [2.75, 3.05) is 13.7 Å². The van der Waals surface area contributed by atoms with Gasteiger partial charge in [0.25, 0.3) is 0 Å². The Hall–Kier alpha value is -1.59. The van der Waals surface area contributed by atoms with Gasteiger partial charge in [0, 0.05) is 31.9 Å². The standard InChI is InChI=1S/C14H23N3O2/c1-10-8-12(14(15)17-18)4-5-13(10)9-16-11(2)6-7-19-3/h4-5,8,11,16,18H,6-7,9H2,1-3H3,(H2,15,17). The van der Waals surface area contributed by atoms with Gasteiger partial charge < -0.3 is 21.0 Å². The molecule has 0 bridgehead atoms. The van der Waals surface area contributed by atoms with Crippen LogP contribution in [0.25, 0.3) is 0 Å². The molecule has 5 nitrogen and oxygen atoms in total. The first-order valence-electron chi connectivity index (χ1n) is 6.38. The lowest BCUT2D eigenvalue weighted by molar-refractivity contribution is 0.184. The number of ether oxygens (including phenoxy) is 1. The number of nitrogens with two attached hydrogens (primary N) is 1. The molecule has 1 atom stereocenters. The minimum atomic E-state index is 0.135. The number of amidine groups is 1. The van der Waals surface area contributed by atoms with E-state index in [2.05, 4.69) is 17.4 Å². The summed E-state index contributed by atoms with van der Waals surface area (Å²) in [5.41, 5.74) is 8.62. The van der Waals surface area contributed by atoms with Crippen LogP contribution in [0.4, 0.5) is 0 Å². The molecule has 0 aromatic heterocycles. The second-order valence-electron chi connectivity index (χ2n) is 4.69. The van der Waals surface area contributed by atoms with Gasteiger partial charge in [-0.2, -0.15) is 0 Å². The number of aryl methyl sites for hydroxylation is 1. The summed E-state index contributed by atoms with van der Waals surface area (Å²) in [7, 11) is 1.71. The van der Waals surface area contributed by atoms with Crippen molar-refractivity contribution in [1.29, 1.82) is 0 Å². The van der Waals surface area contributed by atoms with Gasteiger partial charge in [-0.15, -0.1) is 0 Å². The number of rotatable bonds is 7. The lowest BCUT2D eigenvalue weighted by atomic mass is 10.0. The monoisotopic (exact) mass is 265 g/mol. The molecule has 5 heteroatoms. The second-order valence-corrected chi connectivity index (χ2v) is 4.69. The maximum absolute atomic E-state index is 8.65. The summed E-state index contributed by atoms with van der Waals surface area (Å²) >= 11 is 0. The summed E-state index contributed by atoms with van der Waals surface area (Å²) in [4.78, 5) is 0. The Balaban J connectivity index is 2.60. The van der Waals surface area contributed by atoms with Crippen molar-refractivity contribution in [3.8, 4) is 0 Å². The highest BCUT2D eigenvalue weighted by Gasteiger charge is 2.05. The fourth-order valence-electron chi connectivity index (χ4n) is 1.79. The normalized spacial score (nSPS) is 13.5. The summed E-state index contributed by atoms with van der Waals surface area (Å²) in [6.07, 6.45) is 0.984. The summed E-state index contributed by atoms with van der Waals surface area (Å²) in [5.74, 6) is 0.135. The van der Waals surface area contributed by atoms with Crippen LogP contribution in [0.5, 0.6) is 0 Å². The molecule has 0 aliphatic carbocycles. The molecule has 106 valence electrons. The summed E-state index contributed by atoms with van der Waals surface area (Å²) in [5, 5.41) is 15.1. The average molecular weight is 265 g/mol. The van der Waals surface area contributed by atoms with Crippen molar-refractivity contribution in [3.05, 3.63) is 34.9 Å². The molecule has 0 fully saturated rings. The first-order chi connectivity index (χ1) is 9.08. The van der Waals surface area contributed by atoms with Crippen LogP contribution in [0, 0.1) is 6.92 Å². The van der Waals surface area contributed by atoms with Crippen molar-refractivity contribution in [2.24, 2.45) is 10.9 Å². The Bertz CT molecular complexity index is 433. The molecule has 0 heterocycles. The van der Waals surface area contributed by atoms with Crippen LogP contribution in [0.1, 0.15) is 30.0 Å². The summed E-state index contributed by atoms with van der Waals surface area (Å²) < 4.78 is 5.05. The quantitative estimate of drug-likeness (QED) is 0.303. The predicted octanol–water partition coefficient (Wildman–Crippen LogP) is 1.60. The van der Waals surface area contributed by atoms with Gasteiger partial charge in [0.05, 0.1) is 0 Å². The lowest BCUT2D eigenvalue weighted by Gasteiger charge is -2.15. The number of hydrogen-bond donors (Lipinski definition) is 3. The molecule has 4 N–H and O–H groups in total. The van der Waals surface area contributed by atoms with Crippen molar-refractivity contribution in [3.63, 3.8) is 0 Å². The van der Waals surface area contributed by atoms with Crippen molar-refractivity contribution in [1.82, 2.24) is 5.32 Å². The van der Waals surface area contributed by atoms with Crippen molar-refractivity contribution >= 4 is 5.84 Å². The number of nitrogens with zero attached hydrogens (tertiary/aromatic N) is 1. The Morgan fingerprint density at radius 1 is 1.53 bits per heavy atom. The zero-order valence-corrected chi connectivity index (χ0v) is 11.8. The molecule has 0 amide bonds. The van der Waals surface area contributed by atoms with E-state index in [0.717, 1.165) is 30.7 Å². The van der Waals surface area contributed by atoms with Crippen LogP contribution in [0.3, 0.4) is 0 Å². The predicted molar refractivity (Wildman–Crippen MR) is 76.5 cm³/mol. The molecule has 1 unspecified atom stereocenters. The van der Waals surface area contributed by atoms with Gasteiger partial charge in [-0.25, -0.2) is 0 Å². The topological polar surface area (TPSA) is 79.9 Å². The summed E-state index contributed by atoms with van der Waals surface area (Å²) in [6.45, 7) is 5.72. The highest BCUT2D eigenvalue weighted by molar-refractivity contribution is 5.97. The number of hydrogen-bond acceptors (Lipinski definition) is 4. The van der Waals surface area contributed by atoms with Gasteiger partial charge in [0.2, 0.25) is 0 Å². The number of methoxy groups -OCH3 is 1. The third-order valence-corrected chi connectivity index (χ3v) is 3.14. The number of oxime groups is 1. The van der Waals surface area contributed by atoms with E-state index in [0.29, 0.717) is 6.04 Å². The van der Waals surface area contributed by atoms with Gasteiger partial charge in [0.1, 0.15) is 0 Å². The fraction of sp³-hybridized carbons (Fsp3) is 0.500. The first-order valence-corrected chi connectivity index (χ1v) is 6.38. The van der Waals surface area contributed by atoms with Gasteiger partial charge in [0.15, 0.2) is 5.84 Å².